The third-order valence-electron chi connectivity index (χ3n) is 5.57. The van der Waals surface area contributed by atoms with Crippen molar-refractivity contribution in [3.05, 3.63) is 88.2 Å². The summed E-state index contributed by atoms with van der Waals surface area (Å²) in [5.74, 6) is -3.59. The second kappa shape index (κ2) is 8.99. The number of aromatic carboxylic acids is 2. The Morgan fingerprint density at radius 1 is 0.914 bits per heavy atom. The quantitative estimate of drug-likeness (QED) is 0.285. The number of aromatic nitrogens is 1. The molecule has 1 aliphatic heterocycles. The van der Waals surface area contributed by atoms with Gasteiger partial charge in [-0.05, 0) is 80.2 Å². The fourth-order valence-electron chi connectivity index (χ4n) is 3.93. The Bertz CT molecular complexity index is 1470. The van der Waals surface area contributed by atoms with Crippen LogP contribution in [0, 0.1) is 13.8 Å². The van der Waals surface area contributed by atoms with Gasteiger partial charge in [-0.2, -0.15) is 0 Å². The molecule has 1 aliphatic rings. The van der Waals surface area contributed by atoms with Gasteiger partial charge < -0.3 is 14.8 Å². The molecule has 3 aromatic rings. The fraction of sp³-hybridized carbons (Fsp3) is 0.0800. The first kappa shape index (κ1) is 23.6. The molecule has 0 bridgehead atoms. The Morgan fingerprint density at radius 2 is 1.49 bits per heavy atom. The molecule has 0 spiro atoms. The normalized spacial score (nSPS) is 14.9. The Hall–Kier alpha value is -4.57. The molecule has 1 aromatic heterocycles. The first-order chi connectivity index (χ1) is 16.6. The summed E-state index contributed by atoms with van der Waals surface area (Å²) < 4.78 is 1.82. The summed E-state index contributed by atoms with van der Waals surface area (Å²) in [6.07, 6.45) is 1.44. The monoisotopic (exact) mass is 489 g/mol. The Kier molecular flexibility index (Phi) is 6.06. The Morgan fingerprint density at radius 3 is 2.09 bits per heavy atom. The molecule has 0 atom stereocenters. The van der Waals surface area contributed by atoms with E-state index < -0.39 is 23.8 Å². The first-order valence-corrected chi connectivity index (χ1v) is 10.8. The number of nitrogens with one attached hydrogen (secondary N) is 1. The minimum atomic E-state index is -1.17. The summed E-state index contributed by atoms with van der Waals surface area (Å²) in [5.41, 5.74) is 2.77. The molecule has 9 nitrogen and oxygen atoms in total. The molecule has 35 heavy (non-hydrogen) atoms. The van der Waals surface area contributed by atoms with Gasteiger partial charge in [0.05, 0.1) is 16.8 Å². The zero-order chi connectivity index (χ0) is 25.4. The van der Waals surface area contributed by atoms with E-state index >= 15 is 0 Å². The van der Waals surface area contributed by atoms with Gasteiger partial charge in [-0.3, -0.25) is 19.8 Å². The lowest BCUT2D eigenvalue weighted by Gasteiger charge is -2.29. The predicted molar refractivity (Wildman–Crippen MR) is 132 cm³/mol. The van der Waals surface area contributed by atoms with Crippen LogP contribution in [0.1, 0.15) is 37.7 Å². The molecule has 2 heterocycles. The van der Waals surface area contributed by atoms with Crippen LogP contribution in [0.4, 0.5) is 5.69 Å². The predicted octanol–water partition coefficient (Wildman–Crippen LogP) is 3.32. The van der Waals surface area contributed by atoms with Crippen LogP contribution >= 0.6 is 12.2 Å². The lowest BCUT2D eigenvalue weighted by molar-refractivity contribution is -0.122. The van der Waals surface area contributed by atoms with E-state index in [-0.39, 0.29) is 27.5 Å². The van der Waals surface area contributed by atoms with Gasteiger partial charge in [0.2, 0.25) is 0 Å². The highest BCUT2D eigenvalue weighted by atomic mass is 32.1. The average Bonchev–Trinajstić information content (AvgIpc) is 3.09. The lowest BCUT2D eigenvalue weighted by atomic mass is 10.1. The summed E-state index contributed by atoms with van der Waals surface area (Å²) in [7, 11) is 0. The number of hydrogen-bond donors (Lipinski definition) is 3. The van der Waals surface area contributed by atoms with E-state index in [0.717, 1.165) is 10.6 Å². The molecule has 0 aliphatic carbocycles. The zero-order valence-corrected chi connectivity index (χ0v) is 19.4. The topological polar surface area (TPSA) is 129 Å². The smallest absolute Gasteiger partial charge is 0.335 e. The standard InChI is InChI=1S/C25H19N3O6S/c1-13-9-17(14(2)27(13)18-7-3-5-15(10-18)23(31)32)12-20-21(29)26-25(35)28(22(20)30)19-8-4-6-16(11-19)24(33)34/h3-12H,1-2H3,(H,31,32)(H,33,34)(H,26,29,35). The molecule has 0 saturated carbocycles. The number of aryl methyl sites for hydroxylation is 1. The highest BCUT2D eigenvalue weighted by Crippen LogP contribution is 2.27. The number of thiocarbonyl (C=S) groups is 1. The first-order valence-electron chi connectivity index (χ1n) is 10.4. The van der Waals surface area contributed by atoms with E-state index in [1.165, 1.54) is 42.5 Å². The van der Waals surface area contributed by atoms with Crippen molar-refractivity contribution in [3.8, 4) is 5.69 Å². The number of carbonyl (C=O) groups excluding carboxylic acids is 2. The fourth-order valence-corrected chi connectivity index (χ4v) is 4.22. The number of hydrogen-bond acceptors (Lipinski definition) is 5. The third kappa shape index (κ3) is 4.34. The van der Waals surface area contributed by atoms with Crippen LogP contribution in [0.5, 0.6) is 0 Å². The molecule has 176 valence electrons. The van der Waals surface area contributed by atoms with E-state index in [1.54, 1.807) is 25.1 Å². The molecule has 0 radical (unpaired) electrons. The van der Waals surface area contributed by atoms with E-state index in [1.807, 2.05) is 11.5 Å². The largest absolute Gasteiger partial charge is 0.478 e. The van der Waals surface area contributed by atoms with Gasteiger partial charge in [0, 0.05) is 17.1 Å². The van der Waals surface area contributed by atoms with Gasteiger partial charge in [-0.25, -0.2) is 9.59 Å². The lowest BCUT2D eigenvalue weighted by Crippen LogP contribution is -2.54. The van der Waals surface area contributed by atoms with Crippen LogP contribution in [0.3, 0.4) is 0 Å². The minimum absolute atomic E-state index is 0.0346. The Balaban J connectivity index is 1.77. The number of carbonyl (C=O) groups is 4. The van der Waals surface area contributed by atoms with Crippen molar-refractivity contribution in [3.63, 3.8) is 0 Å². The number of nitrogens with zero attached hydrogens (tertiary/aromatic N) is 2. The summed E-state index contributed by atoms with van der Waals surface area (Å²) in [5, 5.41) is 20.9. The Labute approximate surface area is 204 Å². The SMILES string of the molecule is Cc1cc(C=C2C(=O)NC(=S)N(c3cccc(C(=O)O)c3)C2=O)c(C)n1-c1cccc(C(=O)O)c1. The highest BCUT2D eigenvalue weighted by molar-refractivity contribution is 7.80. The maximum Gasteiger partial charge on any atom is 0.335 e. The summed E-state index contributed by atoms with van der Waals surface area (Å²) >= 11 is 5.18. The van der Waals surface area contributed by atoms with E-state index in [4.69, 9.17) is 12.2 Å². The van der Waals surface area contributed by atoms with Crippen LogP contribution in [0.2, 0.25) is 0 Å². The number of anilines is 1. The second-order valence-electron chi connectivity index (χ2n) is 7.83. The minimum Gasteiger partial charge on any atom is -0.478 e. The average molecular weight is 490 g/mol. The number of amides is 2. The molecule has 3 N–H and O–H groups in total. The van der Waals surface area contributed by atoms with Crippen molar-refractivity contribution in [1.29, 1.82) is 0 Å². The van der Waals surface area contributed by atoms with Gasteiger partial charge in [-0.1, -0.05) is 12.1 Å². The van der Waals surface area contributed by atoms with Crippen LogP contribution < -0.4 is 10.2 Å². The van der Waals surface area contributed by atoms with Gasteiger partial charge >= 0.3 is 11.9 Å². The highest BCUT2D eigenvalue weighted by Gasteiger charge is 2.35. The summed E-state index contributed by atoms with van der Waals surface area (Å²) in [6, 6.07) is 13.9. The van der Waals surface area contributed by atoms with Gasteiger partial charge in [-0.15, -0.1) is 0 Å². The molecular formula is C25H19N3O6S. The molecule has 2 amide bonds. The zero-order valence-electron chi connectivity index (χ0n) is 18.6. The molecule has 1 fully saturated rings. The number of carboxylic acid groups (broad SMARTS) is 2. The van der Waals surface area contributed by atoms with E-state index in [9.17, 15) is 29.4 Å². The van der Waals surface area contributed by atoms with Crippen LogP contribution in [-0.4, -0.2) is 43.6 Å². The number of carboxylic acids is 2. The van der Waals surface area contributed by atoms with Crippen LogP contribution in [-0.2, 0) is 9.59 Å². The van der Waals surface area contributed by atoms with Gasteiger partial charge in [0.25, 0.3) is 11.8 Å². The number of rotatable bonds is 5. The maximum absolute atomic E-state index is 13.3. The van der Waals surface area contributed by atoms with Crippen molar-refractivity contribution >= 4 is 52.8 Å². The molecule has 2 aromatic carbocycles. The van der Waals surface area contributed by atoms with Crippen molar-refractivity contribution in [1.82, 2.24) is 9.88 Å². The summed E-state index contributed by atoms with van der Waals surface area (Å²) in [6.45, 7) is 3.61. The maximum atomic E-state index is 13.3. The number of benzene rings is 2. The van der Waals surface area contributed by atoms with Gasteiger partial charge in [0.1, 0.15) is 5.57 Å². The second-order valence-corrected chi connectivity index (χ2v) is 8.22. The van der Waals surface area contributed by atoms with E-state index in [2.05, 4.69) is 5.32 Å². The van der Waals surface area contributed by atoms with Crippen molar-refractivity contribution in [2.24, 2.45) is 0 Å². The molecule has 4 rings (SSSR count). The van der Waals surface area contributed by atoms with Crippen molar-refractivity contribution in [2.45, 2.75) is 13.8 Å². The third-order valence-corrected chi connectivity index (χ3v) is 5.86. The van der Waals surface area contributed by atoms with Crippen molar-refractivity contribution < 1.29 is 29.4 Å². The molecular weight excluding hydrogens is 470 g/mol. The van der Waals surface area contributed by atoms with Crippen LogP contribution in [0.15, 0.2) is 60.2 Å². The summed E-state index contributed by atoms with van der Waals surface area (Å²) in [4.78, 5) is 49.8. The van der Waals surface area contributed by atoms with Crippen molar-refractivity contribution in [2.75, 3.05) is 4.90 Å². The molecule has 0 unspecified atom stereocenters. The van der Waals surface area contributed by atoms with Crippen LogP contribution in [0.25, 0.3) is 11.8 Å². The van der Waals surface area contributed by atoms with E-state index in [0.29, 0.717) is 16.9 Å². The molecule has 10 heteroatoms. The molecule has 1 saturated heterocycles. The van der Waals surface area contributed by atoms with Gasteiger partial charge in [0.15, 0.2) is 5.11 Å².